The van der Waals surface area contributed by atoms with Crippen LogP contribution in [0.4, 0.5) is 8.78 Å². The average molecular weight is 255 g/mol. The van der Waals surface area contributed by atoms with Crippen LogP contribution >= 0.6 is 23.2 Å². The van der Waals surface area contributed by atoms with Crippen molar-refractivity contribution in [3.05, 3.63) is 33.3 Å². The molecule has 0 aromatic heterocycles. The Kier molecular flexibility index (Phi) is 3.88. The molecule has 2 nitrogen and oxygen atoms in total. The Morgan fingerprint density at radius 2 is 2.00 bits per heavy atom. The van der Waals surface area contributed by atoms with Crippen molar-refractivity contribution in [3.8, 4) is 0 Å². The molecule has 1 N–H and O–H groups in total. The van der Waals surface area contributed by atoms with E-state index in [4.69, 9.17) is 28.3 Å². The number of carboxylic acid groups (broad SMARTS) is 1. The quantitative estimate of drug-likeness (QED) is 0.664. The second-order valence-electron chi connectivity index (χ2n) is 2.84. The van der Waals surface area contributed by atoms with Crippen LogP contribution in [0.1, 0.15) is 12.0 Å². The fourth-order valence-corrected chi connectivity index (χ4v) is 1.59. The third kappa shape index (κ3) is 2.79. The molecule has 0 saturated carbocycles. The van der Waals surface area contributed by atoms with Crippen molar-refractivity contribution in [2.24, 2.45) is 0 Å². The van der Waals surface area contributed by atoms with Crippen LogP contribution in [0.5, 0.6) is 0 Å². The molecule has 1 rings (SSSR count). The van der Waals surface area contributed by atoms with Crippen LogP contribution in [-0.4, -0.2) is 11.1 Å². The van der Waals surface area contributed by atoms with Crippen molar-refractivity contribution in [2.75, 3.05) is 0 Å². The van der Waals surface area contributed by atoms with Gasteiger partial charge < -0.3 is 5.11 Å². The number of carbonyl (C=O) groups is 1. The molecule has 0 aliphatic heterocycles. The Labute approximate surface area is 94.4 Å². The van der Waals surface area contributed by atoms with E-state index < -0.39 is 27.6 Å². The van der Waals surface area contributed by atoms with E-state index in [1.165, 1.54) is 0 Å². The average Bonchev–Trinajstić information content (AvgIpc) is 2.14. The van der Waals surface area contributed by atoms with E-state index in [-0.39, 0.29) is 18.4 Å². The largest absolute Gasteiger partial charge is 0.481 e. The van der Waals surface area contributed by atoms with Crippen LogP contribution in [0.3, 0.4) is 0 Å². The number of carboxylic acids is 1. The van der Waals surface area contributed by atoms with Gasteiger partial charge in [-0.15, -0.1) is 0 Å². The summed E-state index contributed by atoms with van der Waals surface area (Å²) in [4.78, 5) is 10.3. The molecule has 0 fully saturated rings. The molecule has 6 heteroatoms. The van der Waals surface area contributed by atoms with E-state index in [2.05, 4.69) is 0 Å². The number of hydrogen-bond donors (Lipinski definition) is 1. The molecule has 15 heavy (non-hydrogen) atoms. The molecule has 0 heterocycles. The molecule has 0 aliphatic rings. The van der Waals surface area contributed by atoms with Crippen molar-refractivity contribution in [1.82, 2.24) is 0 Å². The second-order valence-corrected chi connectivity index (χ2v) is 3.63. The van der Waals surface area contributed by atoms with Gasteiger partial charge in [0.2, 0.25) is 0 Å². The van der Waals surface area contributed by atoms with Crippen LogP contribution in [0.15, 0.2) is 6.07 Å². The summed E-state index contributed by atoms with van der Waals surface area (Å²) >= 11 is 10.8. The molecular weight excluding hydrogens is 249 g/mol. The first-order valence-electron chi connectivity index (χ1n) is 3.97. The predicted octanol–water partition coefficient (Wildman–Crippen LogP) is 3.29. The zero-order valence-electron chi connectivity index (χ0n) is 7.36. The highest BCUT2D eigenvalue weighted by atomic mass is 35.5. The highest BCUT2D eigenvalue weighted by Gasteiger charge is 2.16. The van der Waals surface area contributed by atoms with Crippen molar-refractivity contribution in [1.29, 1.82) is 0 Å². The summed E-state index contributed by atoms with van der Waals surface area (Å²) in [6.45, 7) is 0. The van der Waals surface area contributed by atoms with E-state index in [1.807, 2.05) is 0 Å². The summed E-state index contributed by atoms with van der Waals surface area (Å²) in [5, 5.41) is 7.52. The monoisotopic (exact) mass is 254 g/mol. The Morgan fingerprint density at radius 3 is 2.53 bits per heavy atom. The first-order chi connectivity index (χ1) is 6.93. The molecule has 0 atom stereocenters. The summed E-state index contributed by atoms with van der Waals surface area (Å²) in [5.41, 5.74) is -0.166. The van der Waals surface area contributed by atoms with Gasteiger partial charge >= 0.3 is 5.97 Å². The maximum absolute atomic E-state index is 13.2. The van der Waals surface area contributed by atoms with Crippen LogP contribution in [0.2, 0.25) is 10.0 Å². The lowest BCUT2D eigenvalue weighted by atomic mass is 10.1. The van der Waals surface area contributed by atoms with Gasteiger partial charge in [-0.25, -0.2) is 8.78 Å². The molecule has 0 aliphatic carbocycles. The van der Waals surface area contributed by atoms with Gasteiger partial charge in [0.05, 0.1) is 10.0 Å². The number of benzene rings is 1. The Hall–Kier alpha value is -0.870. The summed E-state index contributed by atoms with van der Waals surface area (Å²) in [6, 6.07) is 0.778. The second kappa shape index (κ2) is 4.77. The summed E-state index contributed by atoms with van der Waals surface area (Å²) in [5.74, 6) is -2.84. The fraction of sp³-hybridized carbons (Fsp3) is 0.222. The first kappa shape index (κ1) is 12.2. The zero-order chi connectivity index (χ0) is 11.6. The minimum atomic E-state index is -1.11. The van der Waals surface area contributed by atoms with Crippen molar-refractivity contribution in [3.63, 3.8) is 0 Å². The van der Waals surface area contributed by atoms with Gasteiger partial charge in [-0.2, -0.15) is 0 Å². The highest BCUT2D eigenvalue weighted by Crippen LogP contribution is 2.29. The molecular formula is C9H6Cl2F2O2. The Bertz CT molecular complexity index is 408. The third-order valence-electron chi connectivity index (χ3n) is 1.80. The number of halogens is 4. The van der Waals surface area contributed by atoms with E-state index in [0.29, 0.717) is 0 Å². The standard InChI is InChI=1S/C9H6Cl2F2O2/c10-5-3-6(12)4(1-2-7(14)15)8(11)9(5)13/h3H,1-2H2,(H,14,15). The van der Waals surface area contributed by atoms with E-state index in [9.17, 15) is 13.6 Å². The lowest BCUT2D eigenvalue weighted by molar-refractivity contribution is -0.136. The van der Waals surface area contributed by atoms with Crippen molar-refractivity contribution in [2.45, 2.75) is 12.8 Å². The van der Waals surface area contributed by atoms with Gasteiger partial charge in [0.15, 0.2) is 5.82 Å². The van der Waals surface area contributed by atoms with E-state index in [1.54, 1.807) is 0 Å². The van der Waals surface area contributed by atoms with Crippen LogP contribution < -0.4 is 0 Å². The molecule has 0 radical (unpaired) electrons. The summed E-state index contributed by atoms with van der Waals surface area (Å²) in [7, 11) is 0. The molecule has 0 unspecified atom stereocenters. The maximum Gasteiger partial charge on any atom is 0.303 e. The molecule has 0 bridgehead atoms. The minimum Gasteiger partial charge on any atom is -0.481 e. The number of hydrogen-bond acceptors (Lipinski definition) is 1. The molecule has 1 aromatic carbocycles. The lowest BCUT2D eigenvalue weighted by Gasteiger charge is -2.06. The van der Waals surface area contributed by atoms with Gasteiger partial charge in [0.25, 0.3) is 0 Å². The van der Waals surface area contributed by atoms with Gasteiger partial charge in [-0.1, -0.05) is 23.2 Å². The maximum atomic E-state index is 13.2. The van der Waals surface area contributed by atoms with E-state index in [0.717, 1.165) is 6.07 Å². The van der Waals surface area contributed by atoms with Crippen LogP contribution in [-0.2, 0) is 11.2 Å². The van der Waals surface area contributed by atoms with Crippen molar-refractivity contribution < 1.29 is 18.7 Å². The smallest absolute Gasteiger partial charge is 0.303 e. The van der Waals surface area contributed by atoms with Crippen molar-refractivity contribution >= 4 is 29.2 Å². The highest BCUT2D eigenvalue weighted by molar-refractivity contribution is 6.35. The molecule has 1 aromatic rings. The van der Waals surface area contributed by atoms with Crippen LogP contribution in [0, 0.1) is 11.6 Å². The zero-order valence-corrected chi connectivity index (χ0v) is 8.87. The molecule has 0 saturated heterocycles. The first-order valence-corrected chi connectivity index (χ1v) is 4.72. The minimum absolute atomic E-state index is 0.166. The van der Waals surface area contributed by atoms with Crippen LogP contribution in [0.25, 0.3) is 0 Å². The van der Waals surface area contributed by atoms with E-state index >= 15 is 0 Å². The summed E-state index contributed by atoms with van der Waals surface area (Å²) < 4.78 is 26.3. The number of aliphatic carboxylic acids is 1. The molecule has 0 amide bonds. The van der Waals surface area contributed by atoms with Gasteiger partial charge in [-0.05, 0) is 12.5 Å². The topological polar surface area (TPSA) is 37.3 Å². The SMILES string of the molecule is O=C(O)CCc1c(F)cc(Cl)c(F)c1Cl. The Balaban J connectivity index is 3.07. The fourth-order valence-electron chi connectivity index (χ4n) is 1.06. The van der Waals surface area contributed by atoms with Gasteiger partial charge in [-0.3, -0.25) is 4.79 Å². The molecule has 0 spiro atoms. The van der Waals surface area contributed by atoms with Gasteiger partial charge in [0, 0.05) is 12.0 Å². The summed E-state index contributed by atoms with van der Waals surface area (Å²) in [6.07, 6.45) is -0.494. The predicted molar refractivity (Wildman–Crippen MR) is 52.3 cm³/mol. The molecule has 82 valence electrons. The number of rotatable bonds is 3. The third-order valence-corrected chi connectivity index (χ3v) is 2.47. The van der Waals surface area contributed by atoms with Gasteiger partial charge in [0.1, 0.15) is 5.82 Å². The normalized spacial score (nSPS) is 10.4. The Morgan fingerprint density at radius 1 is 1.40 bits per heavy atom. The lowest BCUT2D eigenvalue weighted by Crippen LogP contribution is -2.01.